The highest BCUT2D eigenvalue weighted by atomic mass is 79.9. The molecule has 0 spiro atoms. The maximum atomic E-state index is 12.6. The Bertz CT molecular complexity index is 532. The molecule has 1 saturated carbocycles. The summed E-state index contributed by atoms with van der Waals surface area (Å²) in [6, 6.07) is 7.80. The predicted molar refractivity (Wildman–Crippen MR) is 83.7 cm³/mol. The van der Waals surface area contributed by atoms with E-state index in [1.165, 1.54) is 0 Å². The van der Waals surface area contributed by atoms with Crippen molar-refractivity contribution in [3.05, 3.63) is 34.3 Å². The Balaban J connectivity index is 2.05. The average Bonchev–Trinajstić information content (AvgIpc) is 2.46. The van der Waals surface area contributed by atoms with Crippen LogP contribution in [0, 0.1) is 11.8 Å². The topological polar surface area (TPSA) is 57.6 Å². The first-order chi connectivity index (χ1) is 9.99. The number of carbonyl (C=O) groups excluding carboxylic acids is 1. The van der Waals surface area contributed by atoms with E-state index in [9.17, 15) is 14.7 Å². The molecule has 0 heterocycles. The first-order valence-electron chi connectivity index (χ1n) is 7.21. The van der Waals surface area contributed by atoms with Gasteiger partial charge in [0.05, 0.1) is 11.8 Å². The third-order valence-electron chi connectivity index (χ3n) is 4.09. The lowest BCUT2D eigenvalue weighted by Crippen LogP contribution is -2.40. The molecule has 2 rings (SSSR count). The summed E-state index contributed by atoms with van der Waals surface area (Å²) in [5.74, 6) is -1.81. The highest BCUT2D eigenvalue weighted by Crippen LogP contribution is 2.31. The molecule has 21 heavy (non-hydrogen) atoms. The number of amides is 1. The molecule has 4 nitrogen and oxygen atoms in total. The predicted octanol–water partition coefficient (Wildman–Crippen LogP) is 3.30. The molecule has 0 radical (unpaired) electrons. The lowest BCUT2D eigenvalue weighted by Gasteiger charge is -2.31. The Hall–Kier alpha value is -1.36. The standard InChI is InChI=1S/C16H20BrNO3/c1-18(10-11-5-4-6-12(17)9-11)15(19)13-7-2-3-8-14(13)16(20)21/h4-6,9,13-14H,2-3,7-8,10H2,1H3,(H,20,21)/t13-,14+/m1/s1. The number of aliphatic carboxylic acids is 1. The Morgan fingerprint density at radius 3 is 2.57 bits per heavy atom. The van der Waals surface area contributed by atoms with E-state index in [2.05, 4.69) is 15.9 Å². The third-order valence-corrected chi connectivity index (χ3v) is 4.58. The van der Waals surface area contributed by atoms with Crippen LogP contribution in [-0.4, -0.2) is 28.9 Å². The van der Waals surface area contributed by atoms with Gasteiger partial charge >= 0.3 is 5.97 Å². The van der Waals surface area contributed by atoms with Gasteiger partial charge in [0.1, 0.15) is 0 Å². The number of benzene rings is 1. The quantitative estimate of drug-likeness (QED) is 0.903. The molecule has 0 saturated heterocycles. The van der Waals surface area contributed by atoms with E-state index in [0.717, 1.165) is 22.9 Å². The molecule has 1 aliphatic carbocycles. The maximum absolute atomic E-state index is 12.6. The molecule has 1 N–H and O–H groups in total. The fraction of sp³-hybridized carbons (Fsp3) is 0.500. The van der Waals surface area contributed by atoms with E-state index in [1.807, 2.05) is 24.3 Å². The first-order valence-corrected chi connectivity index (χ1v) is 8.00. The van der Waals surface area contributed by atoms with Crippen LogP contribution in [0.5, 0.6) is 0 Å². The van der Waals surface area contributed by atoms with Gasteiger partial charge in [-0.05, 0) is 30.5 Å². The molecule has 114 valence electrons. The lowest BCUT2D eigenvalue weighted by atomic mass is 9.78. The van der Waals surface area contributed by atoms with E-state index < -0.39 is 11.9 Å². The second-order valence-corrected chi connectivity index (χ2v) is 6.58. The molecular formula is C16H20BrNO3. The molecular weight excluding hydrogens is 334 g/mol. The van der Waals surface area contributed by atoms with Crippen molar-refractivity contribution in [3.8, 4) is 0 Å². The fourth-order valence-electron chi connectivity index (χ4n) is 2.99. The summed E-state index contributed by atoms with van der Waals surface area (Å²) in [7, 11) is 1.75. The number of carbonyl (C=O) groups is 2. The van der Waals surface area contributed by atoms with Gasteiger partial charge in [-0.1, -0.05) is 40.9 Å². The van der Waals surface area contributed by atoms with Crippen molar-refractivity contribution in [2.24, 2.45) is 11.8 Å². The van der Waals surface area contributed by atoms with Gasteiger partial charge in [0, 0.05) is 18.1 Å². The number of halogens is 1. The van der Waals surface area contributed by atoms with Crippen LogP contribution in [0.4, 0.5) is 0 Å². The number of carboxylic acids is 1. The first kappa shape index (κ1) is 16.0. The minimum Gasteiger partial charge on any atom is -0.481 e. The number of hydrogen-bond acceptors (Lipinski definition) is 2. The minimum atomic E-state index is -0.844. The summed E-state index contributed by atoms with van der Waals surface area (Å²) in [6.07, 6.45) is 3.12. The van der Waals surface area contributed by atoms with Crippen LogP contribution >= 0.6 is 15.9 Å². The largest absolute Gasteiger partial charge is 0.481 e. The highest BCUT2D eigenvalue weighted by molar-refractivity contribution is 9.10. The van der Waals surface area contributed by atoms with Gasteiger partial charge in [-0.25, -0.2) is 0 Å². The lowest BCUT2D eigenvalue weighted by molar-refractivity contribution is -0.152. The van der Waals surface area contributed by atoms with Gasteiger partial charge in [0.25, 0.3) is 0 Å². The van der Waals surface area contributed by atoms with Crippen LogP contribution in [0.3, 0.4) is 0 Å². The second kappa shape index (κ2) is 7.07. The van der Waals surface area contributed by atoms with Gasteiger partial charge in [-0.2, -0.15) is 0 Å². The molecule has 1 amide bonds. The number of carboxylic acid groups (broad SMARTS) is 1. The van der Waals surface area contributed by atoms with E-state index in [1.54, 1.807) is 11.9 Å². The molecule has 1 fully saturated rings. The molecule has 1 aromatic rings. The molecule has 0 bridgehead atoms. The van der Waals surface area contributed by atoms with E-state index in [-0.39, 0.29) is 11.8 Å². The van der Waals surface area contributed by atoms with Crippen molar-refractivity contribution in [2.75, 3.05) is 7.05 Å². The minimum absolute atomic E-state index is 0.0536. The van der Waals surface area contributed by atoms with Crippen molar-refractivity contribution in [2.45, 2.75) is 32.2 Å². The zero-order valence-electron chi connectivity index (χ0n) is 12.1. The summed E-state index contributed by atoms with van der Waals surface area (Å²) in [6.45, 7) is 0.501. The number of nitrogens with zero attached hydrogens (tertiary/aromatic N) is 1. The van der Waals surface area contributed by atoms with Gasteiger partial charge in [-0.3, -0.25) is 9.59 Å². The molecule has 5 heteroatoms. The van der Waals surface area contributed by atoms with Crippen LogP contribution in [0.15, 0.2) is 28.7 Å². The van der Waals surface area contributed by atoms with Gasteiger partial charge in [-0.15, -0.1) is 0 Å². The van der Waals surface area contributed by atoms with Crippen LogP contribution < -0.4 is 0 Å². The summed E-state index contributed by atoms with van der Waals surface area (Å²) >= 11 is 3.41. The van der Waals surface area contributed by atoms with Gasteiger partial charge in [0.2, 0.25) is 5.91 Å². The summed E-state index contributed by atoms with van der Waals surface area (Å²) < 4.78 is 0.974. The average molecular weight is 354 g/mol. The van der Waals surface area contributed by atoms with Crippen molar-refractivity contribution < 1.29 is 14.7 Å². The SMILES string of the molecule is CN(Cc1cccc(Br)c1)C(=O)[C@@H]1CCCC[C@@H]1C(=O)O. The molecule has 0 aliphatic heterocycles. The van der Waals surface area contributed by atoms with Crippen LogP contribution in [0.2, 0.25) is 0 Å². The Morgan fingerprint density at radius 2 is 1.95 bits per heavy atom. The number of hydrogen-bond donors (Lipinski definition) is 1. The maximum Gasteiger partial charge on any atom is 0.307 e. The summed E-state index contributed by atoms with van der Waals surface area (Å²) in [4.78, 5) is 25.5. The van der Waals surface area contributed by atoms with Crippen molar-refractivity contribution in [3.63, 3.8) is 0 Å². The van der Waals surface area contributed by atoms with Crippen molar-refractivity contribution in [1.82, 2.24) is 4.90 Å². The second-order valence-electron chi connectivity index (χ2n) is 5.66. The van der Waals surface area contributed by atoms with E-state index in [0.29, 0.717) is 19.4 Å². The molecule has 1 aliphatic rings. The molecule has 1 aromatic carbocycles. The molecule has 0 unspecified atom stereocenters. The fourth-order valence-corrected chi connectivity index (χ4v) is 3.44. The third kappa shape index (κ3) is 4.06. The van der Waals surface area contributed by atoms with Crippen LogP contribution in [0.25, 0.3) is 0 Å². The van der Waals surface area contributed by atoms with Crippen LogP contribution in [0.1, 0.15) is 31.2 Å². The van der Waals surface area contributed by atoms with E-state index >= 15 is 0 Å². The number of rotatable bonds is 4. The summed E-state index contributed by atoms with van der Waals surface area (Å²) in [5.41, 5.74) is 1.03. The zero-order valence-corrected chi connectivity index (χ0v) is 13.7. The highest BCUT2D eigenvalue weighted by Gasteiger charge is 2.36. The monoisotopic (exact) mass is 353 g/mol. The molecule has 2 atom stereocenters. The summed E-state index contributed by atoms with van der Waals surface area (Å²) in [5, 5.41) is 9.29. The smallest absolute Gasteiger partial charge is 0.307 e. The normalized spacial score (nSPS) is 21.8. The van der Waals surface area contributed by atoms with Crippen LogP contribution in [-0.2, 0) is 16.1 Å². The Kier molecular flexibility index (Phi) is 5.39. The van der Waals surface area contributed by atoms with Gasteiger partial charge in [0.15, 0.2) is 0 Å². The van der Waals surface area contributed by atoms with Crippen molar-refractivity contribution >= 4 is 27.8 Å². The zero-order chi connectivity index (χ0) is 15.4. The Morgan fingerprint density at radius 1 is 1.29 bits per heavy atom. The van der Waals surface area contributed by atoms with Crippen molar-refractivity contribution in [1.29, 1.82) is 0 Å². The Labute approximate surface area is 133 Å². The van der Waals surface area contributed by atoms with E-state index in [4.69, 9.17) is 0 Å². The van der Waals surface area contributed by atoms with Gasteiger partial charge < -0.3 is 10.0 Å². The molecule has 0 aromatic heterocycles.